The number of carboxylic acids is 1. The van der Waals surface area contributed by atoms with Crippen molar-refractivity contribution in [2.45, 2.75) is 64.4 Å². The third-order valence-electron chi connectivity index (χ3n) is 3.81. The fraction of sp³-hybridized carbons (Fsp3) is 0.500. The van der Waals surface area contributed by atoms with Gasteiger partial charge >= 0.3 is 5.97 Å². The molecule has 1 rings (SSSR count). The summed E-state index contributed by atoms with van der Waals surface area (Å²) in [6.07, 6.45) is 17.6. The lowest BCUT2D eigenvalue weighted by Crippen LogP contribution is -2.01. The van der Waals surface area contributed by atoms with Crippen LogP contribution in [0.25, 0.3) is 6.08 Å². The molecule has 0 saturated carbocycles. The number of aromatic nitrogens is 1. The van der Waals surface area contributed by atoms with Crippen LogP contribution in [0.15, 0.2) is 36.7 Å². The Hall–Kier alpha value is -1.94. The maximum absolute atomic E-state index is 10.4. The number of allylic oxidation sites excluding steroid dienone is 2. The van der Waals surface area contributed by atoms with Crippen LogP contribution in [-0.2, 0) is 11.2 Å². The van der Waals surface area contributed by atoms with Crippen molar-refractivity contribution in [2.24, 2.45) is 0 Å². The second-order valence-corrected chi connectivity index (χ2v) is 5.96. The second kappa shape index (κ2) is 12.5. The number of aliphatic carboxylic acids is 1. The van der Waals surface area contributed by atoms with E-state index < -0.39 is 12.1 Å². The summed E-state index contributed by atoms with van der Waals surface area (Å²) >= 11 is 0. The average Bonchev–Trinajstić information content (AvgIpc) is 2.57. The van der Waals surface area contributed by atoms with Gasteiger partial charge in [-0.2, -0.15) is 0 Å². The summed E-state index contributed by atoms with van der Waals surface area (Å²) in [5.41, 5.74) is 2.17. The van der Waals surface area contributed by atoms with Crippen LogP contribution in [0.5, 0.6) is 0 Å². The van der Waals surface area contributed by atoms with Crippen molar-refractivity contribution in [3.63, 3.8) is 0 Å². The van der Waals surface area contributed by atoms with Gasteiger partial charge in [0.05, 0.1) is 6.10 Å². The maximum Gasteiger partial charge on any atom is 0.303 e. The Morgan fingerprint density at radius 2 is 2.12 bits per heavy atom. The van der Waals surface area contributed by atoms with E-state index in [9.17, 15) is 9.90 Å². The smallest absolute Gasteiger partial charge is 0.303 e. The molecule has 2 N–H and O–H groups in total. The molecule has 0 saturated heterocycles. The van der Waals surface area contributed by atoms with E-state index in [1.165, 1.54) is 0 Å². The lowest BCUT2D eigenvalue weighted by atomic mass is 10.0. The van der Waals surface area contributed by atoms with Crippen molar-refractivity contribution in [1.82, 2.24) is 4.98 Å². The summed E-state index contributed by atoms with van der Waals surface area (Å²) in [6, 6.07) is 1.98. The van der Waals surface area contributed by atoms with Crippen molar-refractivity contribution in [2.75, 3.05) is 0 Å². The van der Waals surface area contributed by atoms with Crippen LogP contribution < -0.4 is 0 Å². The first-order valence-electron chi connectivity index (χ1n) is 8.79. The Balaban J connectivity index is 2.49. The van der Waals surface area contributed by atoms with Gasteiger partial charge < -0.3 is 10.2 Å². The van der Waals surface area contributed by atoms with Gasteiger partial charge in [0.25, 0.3) is 0 Å². The third kappa shape index (κ3) is 9.26. The highest BCUT2D eigenvalue weighted by Crippen LogP contribution is 2.13. The molecule has 0 fully saturated rings. The van der Waals surface area contributed by atoms with Crippen molar-refractivity contribution in [3.05, 3.63) is 47.8 Å². The summed E-state index contributed by atoms with van der Waals surface area (Å²) in [4.78, 5) is 14.6. The Morgan fingerprint density at radius 1 is 1.29 bits per heavy atom. The topological polar surface area (TPSA) is 70.4 Å². The lowest BCUT2D eigenvalue weighted by Gasteiger charge is -2.06. The van der Waals surface area contributed by atoms with Gasteiger partial charge in [-0.15, -0.1) is 0 Å². The van der Waals surface area contributed by atoms with Crippen LogP contribution in [0.2, 0.25) is 0 Å². The Labute approximate surface area is 144 Å². The number of hydrogen-bond donors (Lipinski definition) is 2. The lowest BCUT2D eigenvalue weighted by molar-refractivity contribution is -0.137. The highest BCUT2D eigenvalue weighted by Gasteiger charge is 2.01. The van der Waals surface area contributed by atoms with E-state index in [4.69, 9.17) is 5.11 Å². The molecule has 4 nitrogen and oxygen atoms in total. The molecule has 1 heterocycles. The number of pyridine rings is 1. The molecule has 0 aromatic carbocycles. The van der Waals surface area contributed by atoms with E-state index in [-0.39, 0.29) is 6.42 Å². The zero-order chi connectivity index (χ0) is 17.6. The molecular weight excluding hydrogens is 302 g/mol. The summed E-state index contributed by atoms with van der Waals surface area (Å²) in [5, 5.41) is 18.6. The van der Waals surface area contributed by atoms with Crippen molar-refractivity contribution < 1.29 is 15.0 Å². The minimum absolute atomic E-state index is 0.212. The summed E-state index contributed by atoms with van der Waals surface area (Å²) < 4.78 is 0. The number of unbranched alkanes of at least 4 members (excludes halogenated alkanes) is 3. The van der Waals surface area contributed by atoms with Gasteiger partial charge in [0.2, 0.25) is 0 Å². The molecule has 0 aliphatic rings. The number of hydrogen-bond acceptors (Lipinski definition) is 3. The van der Waals surface area contributed by atoms with E-state index in [2.05, 4.69) is 18.0 Å². The summed E-state index contributed by atoms with van der Waals surface area (Å²) in [7, 11) is 0. The quantitative estimate of drug-likeness (QED) is 0.440. The first kappa shape index (κ1) is 20.1. The molecule has 4 heteroatoms. The highest BCUT2D eigenvalue weighted by atomic mass is 16.4. The molecule has 1 aromatic heterocycles. The van der Waals surface area contributed by atoms with E-state index in [1.807, 2.05) is 30.5 Å². The molecule has 132 valence electrons. The number of rotatable bonds is 12. The molecule has 0 amide bonds. The number of nitrogens with zero attached hydrogens (tertiary/aromatic N) is 1. The van der Waals surface area contributed by atoms with Crippen LogP contribution in [0.1, 0.15) is 63.0 Å². The average molecular weight is 331 g/mol. The van der Waals surface area contributed by atoms with Gasteiger partial charge in [0.15, 0.2) is 0 Å². The molecule has 0 spiro atoms. The summed E-state index contributed by atoms with van der Waals surface area (Å²) in [5.74, 6) is -0.748. The highest BCUT2D eigenvalue weighted by molar-refractivity contribution is 5.66. The molecule has 0 radical (unpaired) electrons. The molecule has 1 aromatic rings. The number of carbonyl (C=O) groups is 1. The van der Waals surface area contributed by atoms with Gasteiger partial charge in [-0.3, -0.25) is 9.78 Å². The molecule has 0 aliphatic carbocycles. The number of carboxylic acid groups (broad SMARTS) is 1. The predicted molar refractivity (Wildman–Crippen MR) is 97.8 cm³/mol. The third-order valence-corrected chi connectivity index (χ3v) is 3.81. The fourth-order valence-electron chi connectivity index (χ4n) is 2.39. The molecular formula is C20H29NO3. The van der Waals surface area contributed by atoms with E-state index >= 15 is 0 Å². The molecule has 0 aliphatic heterocycles. The summed E-state index contributed by atoms with van der Waals surface area (Å²) in [6.45, 7) is 2.15. The van der Waals surface area contributed by atoms with Gasteiger partial charge in [0, 0.05) is 18.8 Å². The fourth-order valence-corrected chi connectivity index (χ4v) is 2.39. The van der Waals surface area contributed by atoms with Crippen molar-refractivity contribution in [1.29, 1.82) is 0 Å². The minimum atomic E-state index is -0.748. The van der Waals surface area contributed by atoms with Crippen molar-refractivity contribution in [3.8, 4) is 0 Å². The SMILES string of the molecule is CCCCCC(O)/C=C/c1cnccc1C/C=C/CCCC(=O)O. The Kier molecular flexibility index (Phi) is 10.5. The van der Waals surface area contributed by atoms with Crippen LogP contribution in [0.3, 0.4) is 0 Å². The number of aliphatic hydroxyl groups excluding tert-OH is 1. The molecule has 0 bridgehead atoms. The normalized spacial score (nSPS) is 12.9. The zero-order valence-corrected chi connectivity index (χ0v) is 14.5. The van der Waals surface area contributed by atoms with Gasteiger partial charge in [-0.1, -0.05) is 50.5 Å². The Morgan fingerprint density at radius 3 is 2.88 bits per heavy atom. The first-order chi connectivity index (χ1) is 11.6. The van der Waals surface area contributed by atoms with Crippen LogP contribution in [0, 0.1) is 0 Å². The first-order valence-corrected chi connectivity index (χ1v) is 8.79. The standard InChI is InChI=1S/C20H29NO3/c1-2-3-6-10-19(22)13-12-18-16-21-15-14-17(18)9-7-4-5-8-11-20(23)24/h4,7,12-16,19,22H,2-3,5-6,8-11H2,1H3,(H,23,24)/b7-4+,13-12+. The monoisotopic (exact) mass is 331 g/mol. The largest absolute Gasteiger partial charge is 0.481 e. The van der Waals surface area contributed by atoms with E-state index in [1.54, 1.807) is 6.20 Å². The minimum Gasteiger partial charge on any atom is -0.481 e. The predicted octanol–water partition coefficient (Wildman–Crippen LogP) is 4.39. The maximum atomic E-state index is 10.4. The molecule has 1 unspecified atom stereocenters. The van der Waals surface area contributed by atoms with Gasteiger partial charge in [-0.05, 0) is 42.9 Å². The van der Waals surface area contributed by atoms with Gasteiger partial charge in [0.1, 0.15) is 0 Å². The van der Waals surface area contributed by atoms with Crippen LogP contribution in [0.4, 0.5) is 0 Å². The van der Waals surface area contributed by atoms with E-state index in [0.29, 0.717) is 6.42 Å². The zero-order valence-electron chi connectivity index (χ0n) is 14.5. The molecule has 1 atom stereocenters. The molecule has 24 heavy (non-hydrogen) atoms. The van der Waals surface area contributed by atoms with E-state index in [0.717, 1.165) is 49.7 Å². The second-order valence-electron chi connectivity index (χ2n) is 5.96. The van der Waals surface area contributed by atoms with Crippen LogP contribution in [-0.4, -0.2) is 27.3 Å². The van der Waals surface area contributed by atoms with Crippen molar-refractivity contribution >= 4 is 12.0 Å². The number of aliphatic hydroxyl groups is 1. The Bertz CT molecular complexity index is 537. The van der Waals surface area contributed by atoms with Gasteiger partial charge in [-0.25, -0.2) is 0 Å². The van der Waals surface area contributed by atoms with Crippen LogP contribution >= 0.6 is 0 Å².